The zero-order chi connectivity index (χ0) is 8.81. The predicted octanol–water partition coefficient (Wildman–Crippen LogP) is 0.0840. The number of hydrogen-bond donors (Lipinski definition) is 1. The quantitative estimate of drug-likeness (QED) is 0.646. The van der Waals surface area contributed by atoms with E-state index in [4.69, 9.17) is 15.2 Å². The number of hydrogen-bond acceptors (Lipinski definition) is 5. The molecule has 0 spiro atoms. The number of nitrogens with two attached hydrogens (primary N) is 1. The molecule has 0 atom stereocenters. The second kappa shape index (κ2) is 4.50. The highest BCUT2D eigenvalue weighted by atomic mass is 16.5. The van der Waals surface area contributed by atoms with E-state index in [1.54, 1.807) is 7.11 Å². The van der Waals surface area contributed by atoms with Gasteiger partial charge in [-0.15, -0.1) is 0 Å². The van der Waals surface area contributed by atoms with Crippen molar-refractivity contribution in [2.24, 2.45) is 0 Å². The van der Waals surface area contributed by atoms with Gasteiger partial charge in [-0.3, -0.25) is 0 Å². The molecular formula is C7H11N3O2. The van der Waals surface area contributed by atoms with Crippen molar-refractivity contribution < 1.29 is 9.47 Å². The summed E-state index contributed by atoms with van der Waals surface area (Å²) in [6, 6.07) is 0.321. The van der Waals surface area contributed by atoms with E-state index in [0.717, 1.165) is 0 Å². The summed E-state index contributed by atoms with van der Waals surface area (Å²) in [5, 5.41) is 0. The highest BCUT2D eigenvalue weighted by Crippen LogP contribution is 2.02. The van der Waals surface area contributed by atoms with Crippen molar-refractivity contribution in [3.63, 3.8) is 0 Å². The lowest BCUT2D eigenvalue weighted by atomic mass is 10.6. The Labute approximate surface area is 70.5 Å². The van der Waals surface area contributed by atoms with Crippen LogP contribution in [0.3, 0.4) is 0 Å². The Morgan fingerprint density at radius 2 is 2.00 bits per heavy atom. The van der Waals surface area contributed by atoms with E-state index in [9.17, 15) is 0 Å². The first kappa shape index (κ1) is 8.73. The van der Waals surface area contributed by atoms with E-state index >= 15 is 0 Å². The molecule has 1 aromatic heterocycles. The van der Waals surface area contributed by atoms with Crippen LogP contribution in [0.1, 0.15) is 0 Å². The molecule has 0 saturated heterocycles. The van der Waals surface area contributed by atoms with Gasteiger partial charge in [-0.1, -0.05) is 0 Å². The number of rotatable bonds is 4. The van der Waals surface area contributed by atoms with Crippen LogP contribution in [-0.4, -0.2) is 30.3 Å². The minimum atomic E-state index is 0.321. The van der Waals surface area contributed by atoms with Gasteiger partial charge in [-0.05, 0) is 0 Å². The second-order valence-corrected chi connectivity index (χ2v) is 2.14. The molecule has 1 rings (SSSR count). The van der Waals surface area contributed by atoms with E-state index < -0.39 is 0 Å². The fourth-order valence-electron chi connectivity index (χ4n) is 0.617. The van der Waals surface area contributed by atoms with Crippen molar-refractivity contribution in [2.75, 3.05) is 26.1 Å². The molecule has 0 amide bonds. The molecule has 0 fully saturated rings. The average Bonchev–Trinajstić information content (AvgIpc) is 2.09. The number of anilines is 1. The summed E-state index contributed by atoms with van der Waals surface area (Å²) in [4.78, 5) is 7.67. The van der Waals surface area contributed by atoms with E-state index in [-0.39, 0.29) is 0 Å². The number of methoxy groups -OCH3 is 1. The number of aromatic nitrogens is 2. The number of nitrogen functional groups attached to an aromatic ring is 1. The topological polar surface area (TPSA) is 70.3 Å². The summed E-state index contributed by atoms with van der Waals surface area (Å²) >= 11 is 0. The van der Waals surface area contributed by atoms with Gasteiger partial charge in [0.15, 0.2) is 0 Å². The maximum absolute atomic E-state index is 5.38. The fourth-order valence-corrected chi connectivity index (χ4v) is 0.617. The fraction of sp³-hybridized carbons (Fsp3) is 0.429. The molecule has 12 heavy (non-hydrogen) atoms. The first-order valence-electron chi connectivity index (χ1n) is 3.52. The monoisotopic (exact) mass is 169 g/mol. The van der Waals surface area contributed by atoms with Gasteiger partial charge in [0.1, 0.15) is 6.61 Å². The lowest BCUT2D eigenvalue weighted by molar-refractivity contribution is 0.141. The van der Waals surface area contributed by atoms with Gasteiger partial charge in [0.05, 0.1) is 24.7 Å². The first-order valence-corrected chi connectivity index (χ1v) is 3.52. The third-order valence-corrected chi connectivity index (χ3v) is 1.17. The van der Waals surface area contributed by atoms with Crippen LogP contribution in [0, 0.1) is 0 Å². The van der Waals surface area contributed by atoms with Crippen LogP contribution in [0.15, 0.2) is 12.4 Å². The SMILES string of the molecule is COCCOc1ncc(N)cn1. The molecule has 5 heteroatoms. The molecule has 0 aliphatic carbocycles. The zero-order valence-corrected chi connectivity index (χ0v) is 6.86. The largest absolute Gasteiger partial charge is 0.461 e. The van der Waals surface area contributed by atoms with Crippen molar-refractivity contribution in [3.05, 3.63) is 12.4 Å². The molecular weight excluding hydrogens is 158 g/mol. The lowest BCUT2D eigenvalue weighted by Crippen LogP contribution is -2.06. The minimum Gasteiger partial charge on any atom is -0.461 e. The van der Waals surface area contributed by atoms with Crippen LogP contribution in [0.2, 0.25) is 0 Å². The van der Waals surface area contributed by atoms with Crippen molar-refractivity contribution in [1.82, 2.24) is 9.97 Å². The Kier molecular flexibility index (Phi) is 3.28. The first-order chi connectivity index (χ1) is 5.83. The summed E-state index contributed by atoms with van der Waals surface area (Å²) in [6.45, 7) is 0.966. The Morgan fingerprint density at radius 3 is 2.58 bits per heavy atom. The van der Waals surface area contributed by atoms with Crippen molar-refractivity contribution in [2.45, 2.75) is 0 Å². The van der Waals surface area contributed by atoms with Gasteiger partial charge in [0, 0.05) is 7.11 Å². The molecule has 0 saturated carbocycles. The van der Waals surface area contributed by atoms with Crippen molar-refractivity contribution >= 4 is 5.69 Å². The third-order valence-electron chi connectivity index (χ3n) is 1.17. The maximum atomic E-state index is 5.38. The summed E-state index contributed by atoms with van der Waals surface area (Å²) in [6.07, 6.45) is 2.99. The molecule has 0 aliphatic heterocycles. The molecule has 5 nitrogen and oxygen atoms in total. The van der Waals surface area contributed by atoms with Crippen LogP contribution in [0.4, 0.5) is 5.69 Å². The molecule has 0 radical (unpaired) electrons. The molecule has 0 bridgehead atoms. The molecule has 1 heterocycles. The Hall–Kier alpha value is -1.36. The lowest BCUT2D eigenvalue weighted by Gasteiger charge is -2.02. The highest BCUT2D eigenvalue weighted by molar-refractivity contribution is 5.30. The smallest absolute Gasteiger partial charge is 0.316 e. The standard InChI is InChI=1S/C7H11N3O2/c1-11-2-3-12-7-9-4-6(8)5-10-7/h4-5H,2-3,8H2,1H3. The van der Waals surface area contributed by atoms with Gasteiger partial charge < -0.3 is 15.2 Å². The Morgan fingerprint density at radius 1 is 1.33 bits per heavy atom. The van der Waals surface area contributed by atoms with Gasteiger partial charge in [0.25, 0.3) is 0 Å². The van der Waals surface area contributed by atoms with E-state index in [1.165, 1.54) is 12.4 Å². The molecule has 0 unspecified atom stereocenters. The van der Waals surface area contributed by atoms with Crippen LogP contribution in [0.25, 0.3) is 0 Å². The van der Waals surface area contributed by atoms with E-state index in [1.807, 2.05) is 0 Å². The second-order valence-electron chi connectivity index (χ2n) is 2.14. The van der Waals surface area contributed by atoms with Gasteiger partial charge in [-0.25, -0.2) is 9.97 Å². The van der Waals surface area contributed by atoms with Crippen LogP contribution < -0.4 is 10.5 Å². The summed E-state index contributed by atoms with van der Waals surface area (Å²) in [5.74, 6) is 0. The Balaban J connectivity index is 2.37. The minimum absolute atomic E-state index is 0.321. The van der Waals surface area contributed by atoms with Crippen LogP contribution >= 0.6 is 0 Å². The number of nitrogens with zero attached hydrogens (tertiary/aromatic N) is 2. The van der Waals surface area contributed by atoms with Gasteiger partial charge in [0.2, 0.25) is 0 Å². The molecule has 66 valence electrons. The Bertz CT molecular complexity index is 225. The zero-order valence-electron chi connectivity index (χ0n) is 6.86. The average molecular weight is 169 g/mol. The summed E-state index contributed by atoms with van der Waals surface area (Å²) in [7, 11) is 1.60. The summed E-state index contributed by atoms with van der Waals surface area (Å²) < 4.78 is 9.88. The molecule has 1 aromatic rings. The molecule has 0 aliphatic rings. The molecule has 2 N–H and O–H groups in total. The van der Waals surface area contributed by atoms with Crippen LogP contribution in [-0.2, 0) is 4.74 Å². The van der Waals surface area contributed by atoms with Crippen molar-refractivity contribution in [1.29, 1.82) is 0 Å². The maximum Gasteiger partial charge on any atom is 0.316 e. The summed E-state index contributed by atoms with van der Waals surface area (Å²) in [5.41, 5.74) is 5.90. The van der Waals surface area contributed by atoms with E-state index in [0.29, 0.717) is 24.9 Å². The van der Waals surface area contributed by atoms with Gasteiger partial charge >= 0.3 is 6.01 Å². The normalized spacial score (nSPS) is 9.75. The number of ether oxygens (including phenoxy) is 2. The van der Waals surface area contributed by atoms with Gasteiger partial charge in [-0.2, -0.15) is 0 Å². The predicted molar refractivity (Wildman–Crippen MR) is 43.8 cm³/mol. The highest BCUT2D eigenvalue weighted by Gasteiger charge is 1.94. The van der Waals surface area contributed by atoms with Crippen LogP contribution in [0.5, 0.6) is 6.01 Å². The molecule has 0 aromatic carbocycles. The van der Waals surface area contributed by atoms with E-state index in [2.05, 4.69) is 9.97 Å². The van der Waals surface area contributed by atoms with Crippen molar-refractivity contribution in [3.8, 4) is 6.01 Å². The third kappa shape index (κ3) is 2.71.